The first-order chi connectivity index (χ1) is 23.4. The van der Waals surface area contributed by atoms with Gasteiger partial charge in [0.25, 0.3) is 0 Å². The van der Waals surface area contributed by atoms with Gasteiger partial charge >= 0.3 is 0 Å². The van der Waals surface area contributed by atoms with Crippen molar-refractivity contribution in [2.24, 2.45) is 0 Å². The molecule has 0 amide bonds. The summed E-state index contributed by atoms with van der Waals surface area (Å²) in [5, 5.41) is 98.2. The number of hydrogen-bond donors (Lipinski definition) is 8. The first-order valence-electron chi connectivity index (χ1n) is 15.6. The lowest BCUT2D eigenvalue weighted by Crippen LogP contribution is -2.61. The maximum absolute atomic E-state index is 10.9. The third-order valence-electron chi connectivity index (χ3n) is 8.39. The fourth-order valence-electron chi connectivity index (χ4n) is 5.65. The Hall–Kier alpha value is -1.70. The summed E-state index contributed by atoms with van der Waals surface area (Å²) in [5.74, 6) is -2.64. The van der Waals surface area contributed by atoms with Crippen molar-refractivity contribution in [2.45, 2.75) is 124 Å². The smallest absolute Gasteiger partial charge is 0.214 e. The van der Waals surface area contributed by atoms with Gasteiger partial charge in [0.15, 0.2) is 12.6 Å². The second-order valence-electron chi connectivity index (χ2n) is 12.1. The summed E-state index contributed by atoms with van der Waals surface area (Å²) in [7, 11) is 0. The third kappa shape index (κ3) is 8.52. The normalized spacial score (nSPS) is 39.9. The van der Waals surface area contributed by atoms with E-state index in [1.165, 1.54) is 15.6 Å². The van der Waals surface area contributed by atoms with E-state index >= 15 is 0 Å². The Morgan fingerprint density at radius 1 is 0.837 bits per heavy atom. The monoisotopic (exact) mass is 744 g/mol. The molecule has 278 valence electrons. The van der Waals surface area contributed by atoms with E-state index < -0.39 is 97.3 Å². The summed E-state index contributed by atoms with van der Waals surface area (Å²) in [6, 6.07) is 0. The standard InChI is InChI=1S/C27H42Cl2N6O14/c1-2-3-44-11-35-5-12(30-33-35)4-14-18(37)21(40)23(42)25(46-14)45-9-13-6-34(32-31-13)7-15-19(38)24(43)27(10-28,48-15)49-26-22(41)20(39)17(29)16(8-36)47-26/h5-6,14-26,36-43H,2-4,7-11H2,1H3/t14-,15-,16?,17+,18+,19+,20+,21+,22-,23+,24+,25-,26-,27+/m1/s1. The summed E-state index contributed by atoms with van der Waals surface area (Å²) in [6.07, 6.45) is -13.5. The van der Waals surface area contributed by atoms with Gasteiger partial charge in [-0.1, -0.05) is 17.4 Å². The molecule has 3 fully saturated rings. The quantitative estimate of drug-likeness (QED) is 0.0636. The van der Waals surface area contributed by atoms with Crippen LogP contribution in [-0.2, 0) is 54.7 Å². The van der Waals surface area contributed by atoms with Crippen LogP contribution in [0.25, 0.3) is 0 Å². The highest BCUT2D eigenvalue weighted by Gasteiger charge is 2.58. The lowest BCUT2D eigenvalue weighted by atomic mass is 9.96. The van der Waals surface area contributed by atoms with Gasteiger partial charge < -0.3 is 69.3 Å². The molecule has 2 aromatic rings. The number of halogens is 2. The van der Waals surface area contributed by atoms with Gasteiger partial charge in [-0.25, -0.2) is 9.36 Å². The topological polar surface area (TPSA) is 279 Å². The van der Waals surface area contributed by atoms with Crippen molar-refractivity contribution >= 4 is 23.2 Å². The fraction of sp³-hybridized carbons (Fsp3) is 0.852. The molecule has 3 aliphatic heterocycles. The molecule has 2 aromatic heterocycles. The number of hydrogen-bond acceptors (Lipinski definition) is 18. The lowest BCUT2D eigenvalue weighted by Gasteiger charge is -2.43. The first kappa shape index (κ1) is 38.5. The van der Waals surface area contributed by atoms with E-state index in [9.17, 15) is 40.9 Å². The molecule has 5 rings (SSSR count). The maximum Gasteiger partial charge on any atom is 0.214 e. The average molecular weight is 746 g/mol. The summed E-state index contributed by atoms with van der Waals surface area (Å²) < 4.78 is 36.6. The molecular weight excluding hydrogens is 703 g/mol. The molecule has 0 aliphatic carbocycles. The summed E-state index contributed by atoms with van der Waals surface area (Å²) in [4.78, 5) is 0. The van der Waals surface area contributed by atoms with Crippen LogP contribution in [0.5, 0.6) is 0 Å². The predicted molar refractivity (Wildman–Crippen MR) is 160 cm³/mol. The zero-order valence-electron chi connectivity index (χ0n) is 26.3. The summed E-state index contributed by atoms with van der Waals surface area (Å²) >= 11 is 12.1. The molecule has 5 heterocycles. The Kier molecular flexibility index (Phi) is 13.2. The van der Waals surface area contributed by atoms with Gasteiger partial charge in [-0.2, -0.15) is 0 Å². The molecule has 14 atom stereocenters. The second kappa shape index (κ2) is 16.8. The average Bonchev–Trinajstić information content (AvgIpc) is 3.80. The van der Waals surface area contributed by atoms with Crippen LogP contribution in [-0.4, -0.2) is 175 Å². The van der Waals surface area contributed by atoms with Crippen LogP contribution in [0.15, 0.2) is 12.4 Å². The van der Waals surface area contributed by atoms with Crippen molar-refractivity contribution in [3.05, 3.63) is 23.8 Å². The van der Waals surface area contributed by atoms with Gasteiger partial charge in [-0.05, 0) is 6.42 Å². The van der Waals surface area contributed by atoms with Crippen LogP contribution in [0.1, 0.15) is 24.7 Å². The number of aromatic nitrogens is 6. The van der Waals surface area contributed by atoms with Crippen LogP contribution in [0, 0.1) is 0 Å². The van der Waals surface area contributed by atoms with Crippen LogP contribution in [0.2, 0.25) is 0 Å². The van der Waals surface area contributed by atoms with Gasteiger partial charge in [0.2, 0.25) is 5.79 Å². The highest BCUT2D eigenvalue weighted by Crippen LogP contribution is 2.38. The Morgan fingerprint density at radius 2 is 1.51 bits per heavy atom. The molecule has 0 bridgehead atoms. The number of alkyl halides is 2. The lowest BCUT2D eigenvalue weighted by molar-refractivity contribution is -0.358. The second-order valence-corrected chi connectivity index (χ2v) is 12.8. The fourth-order valence-corrected chi connectivity index (χ4v) is 6.22. The Morgan fingerprint density at radius 3 is 2.22 bits per heavy atom. The van der Waals surface area contributed by atoms with Gasteiger partial charge in [0, 0.05) is 13.0 Å². The number of aliphatic hydroxyl groups is 8. The van der Waals surface area contributed by atoms with E-state index in [4.69, 9.17) is 51.6 Å². The molecule has 3 aliphatic rings. The Balaban J connectivity index is 1.16. The van der Waals surface area contributed by atoms with Crippen molar-refractivity contribution in [1.29, 1.82) is 0 Å². The van der Waals surface area contributed by atoms with Crippen molar-refractivity contribution in [2.75, 3.05) is 19.1 Å². The molecule has 0 aromatic carbocycles. The van der Waals surface area contributed by atoms with Crippen molar-refractivity contribution in [3.8, 4) is 0 Å². The molecule has 22 heteroatoms. The molecular formula is C27H42Cl2N6O14. The zero-order chi connectivity index (χ0) is 35.5. The molecule has 0 saturated carbocycles. The molecule has 49 heavy (non-hydrogen) atoms. The number of ether oxygens (including phenoxy) is 6. The Bertz CT molecular complexity index is 1330. The van der Waals surface area contributed by atoms with Gasteiger partial charge in [-0.3, -0.25) is 0 Å². The van der Waals surface area contributed by atoms with Gasteiger partial charge in [0.1, 0.15) is 67.4 Å². The maximum atomic E-state index is 10.9. The first-order valence-corrected chi connectivity index (χ1v) is 16.6. The largest absolute Gasteiger partial charge is 0.394 e. The van der Waals surface area contributed by atoms with Crippen LogP contribution in [0.4, 0.5) is 0 Å². The van der Waals surface area contributed by atoms with E-state index in [-0.39, 0.29) is 32.0 Å². The SMILES string of the molecule is CCCOCn1cc(C[C@H]2O[C@@H](OCc3cn(C[C@H]4O[C@@](CCl)(O[C@H]5OC(CO)[C@H](Cl)[C@H](O)[C@H]5O)[C@@H](O)[C@H]4O)nn3)[C@@H](O)[C@@H](O)[C@H]2O)nn1. The molecule has 20 nitrogen and oxygen atoms in total. The van der Waals surface area contributed by atoms with E-state index in [1.807, 2.05) is 6.92 Å². The van der Waals surface area contributed by atoms with E-state index in [1.54, 1.807) is 6.20 Å². The molecule has 3 saturated heterocycles. The summed E-state index contributed by atoms with van der Waals surface area (Å²) in [5.41, 5.74) is 0.701. The van der Waals surface area contributed by atoms with E-state index in [0.29, 0.717) is 12.3 Å². The van der Waals surface area contributed by atoms with Gasteiger partial charge in [0.05, 0.1) is 55.2 Å². The number of rotatable bonds is 15. The highest BCUT2D eigenvalue weighted by molar-refractivity contribution is 6.21. The minimum Gasteiger partial charge on any atom is -0.394 e. The third-order valence-corrected chi connectivity index (χ3v) is 9.30. The van der Waals surface area contributed by atoms with E-state index in [2.05, 4.69) is 20.6 Å². The number of nitrogens with zero attached hydrogens (tertiary/aromatic N) is 6. The minimum atomic E-state index is -2.10. The number of aliphatic hydroxyl groups excluding tert-OH is 8. The van der Waals surface area contributed by atoms with Crippen LogP contribution in [0.3, 0.4) is 0 Å². The highest BCUT2D eigenvalue weighted by atomic mass is 35.5. The van der Waals surface area contributed by atoms with Crippen molar-refractivity contribution in [3.63, 3.8) is 0 Å². The zero-order valence-corrected chi connectivity index (χ0v) is 27.8. The Labute approximate surface area is 289 Å². The van der Waals surface area contributed by atoms with Gasteiger partial charge in [-0.15, -0.1) is 33.4 Å². The minimum absolute atomic E-state index is 0.0551. The molecule has 8 N–H and O–H groups in total. The van der Waals surface area contributed by atoms with Crippen LogP contribution < -0.4 is 0 Å². The van der Waals surface area contributed by atoms with Crippen LogP contribution >= 0.6 is 23.2 Å². The van der Waals surface area contributed by atoms with Crippen molar-refractivity contribution in [1.82, 2.24) is 30.0 Å². The summed E-state index contributed by atoms with van der Waals surface area (Å²) in [6.45, 7) is 1.70. The predicted octanol–water partition coefficient (Wildman–Crippen LogP) is -4.06. The molecule has 0 spiro atoms. The van der Waals surface area contributed by atoms with Crippen molar-refractivity contribution < 1.29 is 69.3 Å². The van der Waals surface area contributed by atoms with E-state index in [0.717, 1.165) is 6.42 Å². The molecule has 0 radical (unpaired) electrons. The molecule has 1 unspecified atom stereocenters.